The van der Waals surface area contributed by atoms with E-state index in [0.717, 1.165) is 43.5 Å². The molecule has 11 heteroatoms. The number of hydrogen-bond acceptors (Lipinski definition) is 8. The normalized spacial score (nSPS) is 21.4. The molecule has 3 aliphatic rings. The third-order valence-corrected chi connectivity index (χ3v) is 11.2. The molecule has 1 aliphatic heterocycles. The Balaban J connectivity index is 1.46. The molecule has 2 heterocycles. The third-order valence-electron chi connectivity index (χ3n) is 8.10. The van der Waals surface area contributed by atoms with Crippen molar-refractivity contribution in [2.24, 2.45) is 0 Å². The van der Waals surface area contributed by atoms with Crippen molar-refractivity contribution in [3.63, 3.8) is 0 Å². The zero-order valence-corrected chi connectivity index (χ0v) is 23.4. The van der Waals surface area contributed by atoms with Gasteiger partial charge in [0.1, 0.15) is 10.6 Å². The summed E-state index contributed by atoms with van der Waals surface area (Å²) in [6, 6.07) is 8.89. The molecule has 1 saturated heterocycles. The van der Waals surface area contributed by atoms with E-state index in [2.05, 4.69) is 22.5 Å². The Morgan fingerprint density at radius 3 is 2.56 bits per heavy atom. The summed E-state index contributed by atoms with van der Waals surface area (Å²) < 4.78 is 32.6. The lowest BCUT2D eigenvalue weighted by Gasteiger charge is -2.35. The molecular weight excluding hydrogens is 518 g/mol. The maximum Gasteiger partial charge on any atom is 0.319 e. The number of nitrogens with one attached hydrogen (secondary N) is 2. The average Bonchev–Trinajstić information content (AvgIpc) is 3.77. The van der Waals surface area contributed by atoms with Crippen LogP contribution in [0.1, 0.15) is 64.0 Å². The van der Waals surface area contributed by atoms with Gasteiger partial charge in [-0.25, -0.2) is 23.2 Å². The van der Waals surface area contributed by atoms with Gasteiger partial charge >= 0.3 is 6.03 Å². The molecule has 39 heavy (non-hydrogen) atoms. The highest BCUT2D eigenvalue weighted by Gasteiger charge is 2.59. The van der Waals surface area contributed by atoms with Crippen LogP contribution in [0, 0.1) is 0 Å². The summed E-state index contributed by atoms with van der Waals surface area (Å²) in [5, 5.41) is 14.1. The van der Waals surface area contributed by atoms with E-state index in [9.17, 15) is 13.2 Å². The average molecular weight is 558 g/mol. The van der Waals surface area contributed by atoms with E-state index in [0.29, 0.717) is 62.8 Å². The van der Waals surface area contributed by atoms with E-state index in [1.165, 1.54) is 0 Å². The van der Waals surface area contributed by atoms with Crippen molar-refractivity contribution in [1.82, 2.24) is 15.3 Å². The van der Waals surface area contributed by atoms with Gasteiger partial charge in [-0.05, 0) is 63.3 Å². The number of benzene rings is 1. The molecule has 3 N–H and O–H groups in total. The first-order valence-electron chi connectivity index (χ1n) is 14.1. The molecule has 0 bridgehead atoms. The minimum Gasteiger partial charge on any atom is -0.396 e. The summed E-state index contributed by atoms with van der Waals surface area (Å²) in [5.41, 5.74) is 1.95. The Morgan fingerprint density at radius 1 is 1.15 bits per heavy atom. The first-order chi connectivity index (χ1) is 18.8. The van der Waals surface area contributed by atoms with Gasteiger partial charge in [0, 0.05) is 37.0 Å². The lowest BCUT2D eigenvalue weighted by Crippen LogP contribution is -2.44. The van der Waals surface area contributed by atoms with Gasteiger partial charge in [-0.15, -0.1) is 0 Å². The quantitative estimate of drug-likeness (QED) is 0.398. The van der Waals surface area contributed by atoms with Gasteiger partial charge in [-0.1, -0.05) is 19.3 Å². The number of nitrogens with zero attached hydrogens (tertiary/aromatic N) is 3. The number of aliphatic hydroxyl groups excluding tert-OH is 1. The summed E-state index contributed by atoms with van der Waals surface area (Å²) >= 11 is 0. The van der Waals surface area contributed by atoms with E-state index in [1.807, 2.05) is 18.2 Å². The van der Waals surface area contributed by atoms with Crippen LogP contribution < -0.4 is 15.5 Å². The van der Waals surface area contributed by atoms with Crippen molar-refractivity contribution in [3.05, 3.63) is 36.0 Å². The lowest BCUT2D eigenvalue weighted by molar-refractivity contribution is 0.0985. The molecule has 1 atom stereocenters. The zero-order valence-electron chi connectivity index (χ0n) is 22.6. The summed E-state index contributed by atoms with van der Waals surface area (Å²) in [5.74, 6) is 1.20. The molecule has 2 saturated carbocycles. The minimum absolute atomic E-state index is 0.0164. The zero-order chi connectivity index (χ0) is 27.5. The summed E-state index contributed by atoms with van der Waals surface area (Å²) in [4.78, 5) is 24.0. The van der Waals surface area contributed by atoms with Crippen LogP contribution in [-0.4, -0.2) is 73.7 Å². The predicted molar refractivity (Wildman–Crippen MR) is 151 cm³/mol. The number of carbonyl (C=O) groups excluding carboxylic acids is 1. The molecule has 2 aliphatic carbocycles. The van der Waals surface area contributed by atoms with Crippen molar-refractivity contribution in [2.75, 3.05) is 43.1 Å². The third kappa shape index (κ3) is 5.90. The highest BCUT2D eigenvalue weighted by Crippen LogP contribution is 2.55. The Kier molecular flexibility index (Phi) is 8.39. The predicted octanol–water partition coefficient (Wildman–Crippen LogP) is 3.61. The van der Waals surface area contributed by atoms with Crippen molar-refractivity contribution in [2.45, 2.75) is 74.3 Å². The molecule has 0 unspecified atom stereocenters. The Bertz CT molecular complexity index is 1260. The maximum atomic E-state index is 14.0. The van der Waals surface area contributed by atoms with Crippen LogP contribution >= 0.6 is 0 Å². The van der Waals surface area contributed by atoms with Crippen molar-refractivity contribution >= 4 is 27.4 Å². The van der Waals surface area contributed by atoms with Gasteiger partial charge < -0.3 is 25.4 Å². The van der Waals surface area contributed by atoms with Gasteiger partial charge in [-0.3, -0.25) is 0 Å². The van der Waals surface area contributed by atoms with Crippen LogP contribution in [0.2, 0.25) is 0 Å². The molecule has 2 amide bonds. The summed E-state index contributed by atoms with van der Waals surface area (Å²) in [7, 11) is -3.40. The summed E-state index contributed by atoms with van der Waals surface area (Å²) in [6.07, 6.45) is 6.17. The maximum absolute atomic E-state index is 14.0. The number of ether oxygens (including phenoxy) is 1. The van der Waals surface area contributed by atoms with E-state index in [-0.39, 0.29) is 23.9 Å². The van der Waals surface area contributed by atoms with E-state index >= 15 is 0 Å². The molecular formula is C28H39N5O5S. The molecule has 10 nitrogen and oxygen atoms in total. The van der Waals surface area contributed by atoms with Crippen molar-refractivity contribution < 1.29 is 23.1 Å². The van der Waals surface area contributed by atoms with Crippen LogP contribution in [0.3, 0.4) is 0 Å². The lowest BCUT2D eigenvalue weighted by atomic mass is 10.0. The topological polar surface area (TPSA) is 134 Å². The fourth-order valence-electron chi connectivity index (χ4n) is 5.66. The van der Waals surface area contributed by atoms with Gasteiger partial charge in [0.05, 0.1) is 30.2 Å². The highest BCUT2D eigenvalue weighted by molar-refractivity contribution is 7.93. The number of carbonyl (C=O) groups is 1. The van der Waals surface area contributed by atoms with Crippen LogP contribution in [-0.2, 0) is 19.3 Å². The molecule has 1 aromatic heterocycles. The van der Waals surface area contributed by atoms with Crippen molar-refractivity contribution in [1.29, 1.82) is 0 Å². The van der Waals surface area contributed by atoms with Crippen LogP contribution in [0.25, 0.3) is 11.4 Å². The van der Waals surface area contributed by atoms with E-state index < -0.39 is 14.6 Å². The second-order valence-corrected chi connectivity index (χ2v) is 13.4. The molecule has 0 radical (unpaired) electrons. The van der Waals surface area contributed by atoms with Gasteiger partial charge in [0.25, 0.3) is 0 Å². The monoisotopic (exact) mass is 557 g/mol. The second-order valence-electron chi connectivity index (χ2n) is 10.9. The number of rotatable bonds is 9. The molecule has 2 aromatic rings. The van der Waals surface area contributed by atoms with E-state index in [1.54, 1.807) is 12.1 Å². The van der Waals surface area contributed by atoms with Gasteiger partial charge in [-0.2, -0.15) is 0 Å². The number of urea groups is 1. The number of anilines is 2. The highest BCUT2D eigenvalue weighted by atomic mass is 32.2. The Labute approximate surface area is 230 Å². The molecule has 3 fully saturated rings. The van der Waals surface area contributed by atoms with Crippen molar-refractivity contribution in [3.8, 4) is 11.4 Å². The SMILES string of the molecule is C[C@H]1COCCN1c1cc(C2(S(=O)(=O)C3CCCCC3)CC2)nc(-c2ccc(NC(=O)NCCCO)cc2)n1. The number of aliphatic hydroxyl groups is 1. The number of amides is 2. The smallest absolute Gasteiger partial charge is 0.319 e. The molecule has 1 aromatic carbocycles. The Morgan fingerprint density at radius 2 is 1.90 bits per heavy atom. The van der Waals surface area contributed by atoms with Gasteiger partial charge in [0.2, 0.25) is 0 Å². The first kappa shape index (κ1) is 27.8. The van der Waals surface area contributed by atoms with Gasteiger partial charge in [0.15, 0.2) is 15.7 Å². The van der Waals surface area contributed by atoms with Crippen LogP contribution in [0.4, 0.5) is 16.3 Å². The first-order valence-corrected chi connectivity index (χ1v) is 15.6. The fraction of sp³-hybridized carbons (Fsp3) is 0.607. The molecule has 5 rings (SSSR count). The number of hydrogen-bond donors (Lipinski definition) is 3. The number of sulfone groups is 1. The van der Waals surface area contributed by atoms with Crippen LogP contribution in [0.15, 0.2) is 30.3 Å². The fourth-order valence-corrected chi connectivity index (χ4v) is 8.32. The second kappa shape index (κ2) is 11.8. The summed E-state index contributed by atoms with van der Waals surface area (Å²) in [6.45, 7) is 4.33. The van der Waals surface area contributed by atoms with E-state index in [4.69, 9.17) is 19.8 Å². The molecule has 0 spiro atoms. The number of aromatic nitrogens is 2. The van der Waals surface area contributed by atoms with Crippen LogP contribution in [0.5, 0.6) is 0 Å². The standard InChI is InChI=1S/C28H39N5O5S/c1-20-19-38-17-15-33(20)25-18-24(28(12-13-28)39(36,37)23-6-3-2-4-7-23)31-26(32-25)21-8-10-22(11-9-21)30-27(35)29-14-5-16-34/h8-11,18,20,23,34H,2-7,12-17,19H2,1H3,(H2,29,30,35)/t20-/m0/s1. The molecule has 212 valence electrons. The Hall–Kier alpha value is -2.76. The minimum atomic E-state index is -3.40. The largest absolute Gasteiger partial charge is 0.396 e. The number of morpholine rings is 1.